The summed E-state index contributed by atoms with van der Waals surface area (Å²) in [6.07, 6.45) is 0. The summed E-state index contributed by atoms with van der Waals surface area (Å²) in [4.78, 5) is 19.8. The van der Waals surface area contributed by atoms with E-state index in [-0.39, 0.29) is 11.9 Å². The van der Waals surface area contributed by atoms with Gasteiger partial charge < -0.3 is 10.2 Å². The Hall–Kier alpha value is -1.99. The number of carbonyl (C=O) groups excluding carboxylic acids is 1. The second kappa shape index (κ2) is 8.79. The Bertz CT molecular complexity index is 958. The molecule has 1 aromatic carbocycles. The van der Waals surface area contributed by atoms with E-state index >= 15 is 0 Å². The van der Waals surface area contributed by atoms with Gasteiger partial charge in [0.2, 0.25) is 0 Å². The lowest BCUT2D eigenvalue weighted by Gasteiger charge is -2.39. The van der Waals surface area contributed by atoms with Gasteiger partial charge in [0, 0.05) is 36.6 Å². The fourth-order valence-electron chi connectivity index (χ4n) is 3.91. The summed E-state index contributed by atoms with van der Waals surface area (Å²) in [5.41, 5.74) is 3.81. The Balaban J connectivity index is 1.75. The summed E-state index contributed by atoms with van der Waals surface area (Å²) in [6, 6.07) is 14.6. The maximum Gasteiger partial charge on any atom is 0.266 e. The van der Waals surface area contributed by atoms with Crippen molar-refractivity contribution in [3.05, 3.63) is 74.3 Å². The average molecular weight is 426 g/mol. The van der Waals surface area contributed by atoms with Crippen LogP contribution in [0.25, 0.3) is 0 Å². The van der Waals surface area contributed by atoms with Crippen molar-refractivity contribution in [1.82, 2.24) is 9.80 Å². The second-order valence-electron chi connectivity index (χ2n) is 7.61. The summed E-state index contributed by atoms with van der Waals surface area (Å²) < 4.78 is 0. The van der Waals surface area contributed by atoms with Crippen LogP contribution >= 0.6 is 22.7 Å². The molecular weight excluding hydrogens is 398 g/mol. The highest BCUT2D eigenvalue weighted by atomic mass is 32.1. The summed E-state index contributed by atoms with van der Waals surface area (Å²) in [7, 11) is 2.18. The van der Waals surface area contributed by atoms with Crippen LogP contribution in [0, 0.1) is 13.8 Å². The molecule has 0 bridgehead atoms. The molecule has 3 heterocycles. The van der Waals surface area contributed by atoms with Crippen molar-refractivity contribution in [2.75, 3.05) is 38.5 Å². The van der Waals surface area contributed by atoms with Crippen molar-refractivity contribution in [3.63, 3.8) is 0 Å². The van der Waals surface area contributed by atoms with Crippen LogP contribution in [0.2, 0.25) is 0 Å². The lowest BCUT2D eigenvalue weighted by atomic mass is 9.94. The van der Waals surface area contributed by atoms with Crippen LogP contribution in [0.4, 0.5) is 5.00 Å². The molecule has 1 saturated heterocycles. The largest absolute Gasteiger partial charge is 0.313 e. The molecule has 1 aliphatic heterocycles. The van der Waals surface area contributed by atoms with Crippen molar-refractivity contribution < 1.29 is 4.79 Å². The van der Waals surface area contributed by atoms with E-state index in [4.69, 9.17) is 0 Å². The van der Waals surface area contributed by atoms with Crippen molar-refractivity contribution in [1.29, 1.82) is 0 Å². The van der Waals surface area contributed by atoms with E-state index in [9.17, 15) is 4.79 Å². The second-order valence-corrected chi connectivity index (χ2v) is 9.78. The first-order chi connectivity index (χ1) is 14.0. The number of rotatable bonds is 5. The summed E-state index contributed by atoms with van der Waals surface area (Å²) in [6.45, 7) is 8.49. The number of nitrogens with one attached hydrogen (secondary N) is 1. The molecular formula is C23H27N3OS2. The molecule has 0 spiro atoms. The molecule has 0 aliphatic carbocycles. The van der Waals surface area contributed by atoms with Gasteiger partial charge in [0.15, 0.2) is 0 Å². The number of hydrogen-bond acceptors (Lipinski definition) is 5. The summed E-state index contributed by atoms with van der Waals surface area (Å²) in [5.74, 6) is -0.0207. The number of amides is 1. The number of likely N-dealkylation sites (N-methyl/N-ethyl adjacent to an activating group) is 1. The maximum absolute atomic E-state index is 12.8. The third-order valence-corrected chi connectivity index (χ3v) is 7.70. The SMILES string of the molecule is Cc1sc(NC(=O)c2cccs2)c([C@H](c2ccccc2)N2CCN(C)CC2)c1C. The Morgan fingerprint density at radius 2 is 1.76 bits per heavy atom. The minimum Gasteiger partial charge on any atom is -0.313 e. The number of hydrogen-bond donors (Lipinski definition) is 1. The van der Waals surface area contributed by atoms with Gasteiger partial charge in [-0.15, -0.1) is 22.7 Å². The Morgan fingerprint density at radius 3 is 2.41 bits per heavy atom. The Morgan fingerprint density at radius 1 is 1.03 bits per heavy atom. The molecule has 0 unspecified atom stereocenters. The van der Waals surface area contributed by atoms with Crippen LogP contribution < -0.4 is 5.32 Å². The minimum atomic E-state index is -0.0207. The smallest absolute Gasteiger partial charge is 0.266 e. The van der Waals surface area contributed by atoms with Crippen molar-refractivity contribution in [2.45, 2.75) is 19.9 Å². The van der Waals surface area contributed by atoms with E-state index in [0.717, 1.165) is 36.1 Å². The summed E-state index contributed by atoms with van der Waals surface area (Å²) >= 11 is 3.17. The topological polar surface area (TPSA) is 35.6 Å². The highest BCUT2D eigenvalue weighted by Crippen LogP contribution is 2.42. The number of carbonyl (C=O) groups is 1. The molecule has 1 atom stereocenters. The van der Waals surface area contributed by atoms with Crippen LogP contribution in [-0.2, 0) is 0 Å². The number of piperazine rings is 1. The normalized spacial score (nSPS) is 16.7. The summed E-state index contributed by atoms with van der Waals surface area (Å²) in [5, 5.41) is 6.15. The fourth-order valence-corrected chi connectivity index (χ4v) is 5.62. The predicted molar refractivity (Wildman–Crippen MR) is 123 cm³/mol. The number of nitrogens with zero attached hydrogens (tertiary/aromatic N) is 2. The number of thiophene rings is 2. The Labute approximate surface area is 180 Å². The zero-order chi connectivity index (χ0) is 20.4. The molecule has 152 valence electrons. The van der Waals surface area contributed by atoms with E-state index in [1.54, 1.807) is 11.3 Å². The van der Waals surface area contributed by atoms with Crippen LogP contribution in [-0.4, -0.2) is 48.9 Å². The Kier molecular flexibility index (Phi) is 6.15. The quantitative estimate of drug-likeness (QED) is 0.624. The number of anilines is 1. The van der Waals surface area contributed by atoms with Crippen molar-refractivity contribution in [2.24, 2.45) is 0 Å². The van der Waals surface area contributed by atoms with Crippen molar-refractivity contribution >= 4 is 33.6 Å². The molecule has 4 rings (SSSR count). The van der Waals surface area contributed by atoms with E-state index < -0.39 is 0 Å². The van der Waals surface area contributed by atoms with Gasteiger partial charge in [-0.3, -0.25) is 9.69 Å². The van der Waals surface area contributed by atoms with Gasteiger partial charge in [0.05, 0.1) is 10.9 Å². The molecule has 29 heavy (non-hydrogen) atoms. The molecule has 0 saturated carbocycles. The lowest BCUT2D eigenvalue weighted by Crippen LogP contribution is -2.46. The van der Waals surface area contributed by atoms with E-state index in [1.165, 1.54) is 32.9 Å². The average Bonchev–Trinajstić information content (AvgIpc) is 3.35. The molecule has 1 amide bonds. The molecule has 2 aromatic heterocycles. The molecule has 6 heteroatoms. The monoisotopic (exact) mass is 425 g/mol. The van der Waals surface area contributed by atoms with Crippen molar-refractivity contribution in [3.8, 4) is 0 Å². The molecule has 3 aromatic rings. The minimum absolute atomic E-state index is 0.0207. The van der Waals surface area contributed by atoms with E-state index in [0.29, 0.717) is 0 Å². The lowest BCUT2D eigenvalue weighted by molar-refractivity contribution is 0.103. The fraction of sp³-hybridized carbons (Fsp3) is 0.348. The molecule has 1 fully saturated rings. The first-order valence-corrected chi connectivity index (χ1v) is 11.7. The van der Waals surface area contributed by atoms with Gasteiger partial charge in [0.1, 0.15) is 5.00 Å². The molecule has 1 N–H and O–H groups in total. The van der Waals surface area contributed by atoms with Crippen LogP contribution in [0.5, 0.6) is 0 Å². The maximum atomic E-state index is 12.8. The number of benzene rings is 1. The third kappa shape index (κ3) is 4.31. The van der Waals surface area contributed by atoms with Crippen LogP contribution in [0.1, 0.15) is 37.3 Å². The zero-order valence-corrected chi connectivity index (χ0v) is 18.8. The van der Waals surface area contributed by atoms with Crippen LogP contribution in [0.3, 0.4) is 0 Å². The standard InChI is InChI=1S/C23H27N3OS2/c1-16-17(2)29-23(24-22(27)19-10-7-15-28-19)20(16)21(18-8-5-4-6-9-18)26-13-11-25(3)12-14-26/h4-10,15,21H,11-14H2,1-3H3,(H,24,27)/t21-/m0/s1. The van der Waals surface area contributed by atoms with Gasteiger partial charge in [-0.2, -0.15) is 0 Å². The van der Waals surface area contributed by atoms with Crippen LogP contribution in [0.15, 0.2) is 47.8 Å². The highest BCUT2D eigenvalue weighted by molar-refractivity contribution is 7.17. The van der Waals surface area contributed by atoms with Gasteiger partial charge in [0.25, 0.3) is 5.91 Å². The van der Waals surface area contributed by atoms with Gasteiger partial charge in [-0.05, 0) is 43.5 Å². The first kappa shape index (κ1) is 20.3. The zero-order valence-electron chi connectivity index (χ0n) is 17.1. The number of aryl methyl sites for hydroxylation is 1. The van der Waals surface area contributed by atoms with Gasteiger partial charge in [-0.1, -0.05) is 36.4 Å². The molecule has 0 radical (unpaired) electrons. The highest BCUT2D eigenvalue weighted by Gasteiger charge is 2.31. The first-order valence-electron chi connectivity index (χ1n) is 9.97. The van der Waals surface area contributed by atoms with E-state index in [2.05, 4.69) is 66.3 Å². The third-order valence-electron chi connectivity index (χ3n) is 5.70. The van der Waals surface area contributed by atoms with Gasteiger partial charge >= 0.3 is 0 Å². The van der Waals surface area contributed by atoms with Gasteiger partial charge in [-0.25, -0.2) is 0 Å². The molecule has 1 aliphatic rings. The molecule has 4 nitrogen and oxygen atoms in total. The predicted octanol–water partition coefficient (Wildman–Crippen LogP) is 5.02. The van der Waals surface area contributed by atoms with E-state index in [1.807, 2.05) is 17.5 Å².